The van der Waals surface area contributed by atoms with Crippen molar-refractivity contribution in [3.8, 4) is 5.75 Å². The molecule has 0 bridgehead atoms. The molecule has 2 aromatic carbocycles. The first-order valence-electron chi connectivity index (χ1n) is 8.56. The van der Waals surface area contributed by atoms with Crippen LogP contribution in [0.1, 0.15) is 12.0 Å². The van der Waals surface area contributed by atoms with Gasteiger partial charge in [-0.2, -0.15) is 0 Å². The van der Waals surface area contributed by atoms with Crippen LogP contribution in [0.5, 0.6) is 5.75 Å². The van der Waals surface area contributed by atoms with Gasteiger partial charge in [0.1, 0.15) is 5.75 Å². The number of hydrogen-bond donors (Lipinski definition) is 0. The standard InChI is InChI=1S/C19H18BrCl2NO4S/c20-14-2-5-17(6-3-14)27-11-19(24)23(16-7-8-28(25,26)12-16)10-13-1-4-15(21)9-18(13)22/h1-6,9,16H,7-8,10-12H2. The fraction of sp³-hybridized carbons (Fsp3) is 0.316. The Kier molecular flexibility index (Phi) is 6.91. The molecule has 5 nitrogen and oxygen atoms in total. The number of nitrogens with zero attached hydrogens (tertiary/aromatic N) is 1. The lowest BCUT2D eigenvalue weighted by Crippen LogP contribution is -2.43. The zero-order valence-electron chi connectivity index (χ0n) is 14.8. The molecule has 0 aliphatic carbocycles. The number of benzene rings is 2. The number of carbonyl (C=O) groups is 1. The Labute approximate surface area is 182 Å². The lowest BCUT2D eigenvalue weighted by molar-refractivity contribution is -0.136. The van der Waals surface area contributed by atoms with Gasteiger partial charge in [0.25, 0.3) is 5.91 Å². The van der Waals surface area contributed by atoms with Crippen LogP contribution in [0.3, 0.4) is 0 Å². The van der Waals surface area contributed by atoms with E-state index in [9.17, 15) is 13.2 Å². The minimum absolute atomic E-state index is 0.0533. The molecule has 1 saturated heterocycles. The Hall–Kier alpha value is -1.28. The Morgan fingerprint density at radius 1 is 1.18 bits per heavy atom. The number of halogens is 3. The third-order valence-electron chi connectivity index (χ3n) is 4.50. The van der Waals surface area contributed by atoms with Crippen molar-refractivity contribution in [2.24, 2.45) is 0 Å². The third kappa shape index (κ3) is 5.63. The SMILES string of the molecule is O=C(COc1ccc(Br)cc1)N(Cc1ccc(Cl)cc1Cl)C1CCS(=O)(=O)C1. The average Bonchev–Trinajstić information content (AvgIpc) is 3.00. The molecule has 0 radical (unpaired) electrons. The van der Waals surface area contributed by atoms with Gasteiger partial charge in [-0.3, -0.25) is 4.79 Å². The van der Waals surface area contributed by atoms with Crippen molar-refractivity contribution in [1.82, 2.24) is 4.90 Å². The predicted octanol–water partition coefficient (Wildman–Crippen LogP) is 4.35. The summed E-state index contributed by atoms with van der Waals surface area (Å²) in [6, 6.07) is 11.8. The van der Waals surface area contributed by atoms with E-state index in [4.69, 9.17) is 27.9 Å². The highest BCUT2D eigenvalue weighted by Crippen LogP contribution is 2.26. The topological polar surface area (TPSA) is 63.7 Å². The van der Waals surface area contributed by atoms with Crippen LogP contribution in [0.4, 0.5) is 0 Å². The monoisotopic (exact) mass is 505 g/mol. The van der Waals surface area contributed by atoms with Crippen molar-refractivity contribution >= 4 is 54.9 Å². The summed E-state index contributed by atoms with van der Waals surface area (Å²) >= 11 is 15.5. The molecule has 1 amide bonds. The summed E-state index contributed by atoms with van der Waals surface area (Å²) < 4.78 is 30.3. The van der Waals surface area contributed by atoms with Crippen molar-refractivity contribution in [1.29, 1.82) is 0 Å². The minimum Gasteiger partial charge on any atom is -0.484 e. The molecule has 1 heterocycles. The molecule has 1 aliphatic rings. The minimum atomic E-state index is -3.15. The molecule has 1 fully saturated rings. The number of rotatable bonds is 6. The van der Waals surface area contributed by atoms with Gasteiger partial charge in [0.05, 0.1) is 11.5 Å². The number of amides is 1. The molecule has 1 aliphatic heterocycles. The molecule has 9 heteroatoms. The highest BCUT2D eigenvalue weighted by atomic mass is 79.9. The highest BCUT2D eigenvalue weighted by molar-refractivity contribution is 9.10. The number of carbonyl (C=O) groups excluding carboxylic acids is 1. The predicted molar refractivity (Wildman–Crippen MR) is 114 cm³/mol. The zero-order chi connectivity index (χ0) is 20.3. The fourth-order valence-corrected chi connectivity index (χ4v) is 5.50. The van der Waals surface area contributed by atoms with Gasteiger partial charge >= 0.3 is 0 Å². The first kappa shape index (κ1) is 21.4. The second kappa shape index (κ2) is 9.03. The van der Waals surface area contributed by atoms with E-state index in [1.807, 2.05) is 12.1 Å². The van der Waals surface area contributed by atoms with Gasteiger partial charge in [-0.1, -0.05) is 45.2 Å². The summed E-state index contributed by atoms with van der Waals surface area (Å²) in [4.78, 5) is 14.4. The molecular weight excluding hydrogens is 489 g/mol. The lowest BCUT2D eigenvalue weighted by Gasteiger charge is -2.29. The maximum absolute atomic E-state index is 12.9. The van der Waals surface area contributed by atoms with Crippen molar-refractivity contribution < 1.29 is 17.9 Å². The van der Waals surface area contributed by atoms with Gasteiger partial charge < -0.3 is 9.64 Å². The molecule has 0 spiro atoms. The van der Waals surface area contributed by atoms with Crippen LogP contribution in [0, 0.1) is 0 Å². The highest BCUT2D eigenvalue weighted by Gasteiger charge is 2.35. The van der Waals surface area contributed by atoms with Crippen LogP contribution in [-0.2, 0) is 21.2 Å². The summed E-state index contributed by atoms with van der Waals surface area (Å²) in [7, 11) is -3.15. The molecular formula is C19H18BrCl2NO4S. The van der Waals surface area contributed by atoms with E-state index < -0.39 is 15.9 Å². The molecule has 2 aromatic rings. The fourth-order valence-electron chi connectivity index (χ4n) is 3.03. The smallest absolute Gasteiger partial charge is 0.261 e. The van der Waals surface area contributed by atoms with Crippen LogP contribution < -0.4 is 4.74 Å². The average molecular weight is 507 g/mol. The summed E-state index contributed by atoms with van der Waals surface area (Å²) in [5.74, 6) is 0.280. The van der Waals surface area contributed by atoms with Crippen molar-refractivity contribution in [3.63, 3.8) is 0 Å². The van der Waals surface area contributed by atoms with Gasteiger partial charge in [-0.25, -0.2) is 8.42 Å². The molecule has 1 unspecified atom stereocenters. The normalized spacial score (nSPS) is 18.0. The van der Waals surface area contributed by atoms with Crippen molar-refractivity contribution in [2.45, 2.75) is 19.0 Å². The quantitative estimate of drug-likeness (QED) is 0.584. The molecule has 150 valence electrons. The van der Waals surface area contributed by atoms with E-state index in [-0.39, 0.29) is 30.6 Å². The van der Waals surface area contributed by atoms with E-state index in [0.29, 0.717) is 27.8 Å². The van der Waals surface area contributed by atoms with E-state index in [1.165, 1.54) is 0 Å². The molecule has 0 aromatic heterocycles. The molecule has 0 N–H and O–H groups in total. The van der Waals surface area contributed by atoms with Crippen LogP contribution in [0.2, 0.25) is 10.0 Å². The summed E-state index contributed by atoms with van der Waals surface area (Å²) in [6.45, 7) is 0.00209. The van der Waals surface area contributed by atoms with Gasteiger partial charge in [0.2, 0.25) is 0 Å². The summed E-state index contributed by atoms with van der Waals surface area (Å²) in [5, 5.41) is 0.925. The second-order valence-corrected chi connectivity index (χ2v) is 10.5. The van der Waals surface area contributed by atoms with Crippen LogP contribution in [0.15, 0.2) is 46.9 Å². The van der Waals surface area contributed by atoms with E-state index in [1.54, 1.807) is 35.2 Å². The van der Waals surface area contributed by atoms with E-state index >= 15 is 0 Å². The Bertz CT molecular complexity index is 966. The van der Waals surface area contributed by atoms with Gasteiger partial charge in [-0.15, -0.1) is 0 Å². The maximum Gasteiger partial charge on any atom is 0.261 e. The molecule has 3 rings (SSSR count). The van der Waals surface area contributed by atoms with Gasteiger partial charge in [0.15, 0.2) is 16.4 Å². The number of ether oxygens (including phenoxy) is 1. The van der Waals surface area contributed by atoms with Gasteiger partial charge in [0, 0.05) is 27.1 Å². The molecule has 1 atom stereocenters. The Balaban J connectivity index is 1.76. The number of hydrogen-bond acceptors (Lipinski definition) is 4. The molecule has 28 heavy (non-hydrogen) atoms. The van der Waals surface area contributed by atoms with Crippen LogP contribution in [0.25, 0.3) is 0 Å². The van der Waals surface area contributed by atoms with E-state index in [2.05, 4.69) is 15.9 Å². The summed E-state index contributed by atoms with van der Waals surface area (Å²) in [5.41, 5.74) is 0.701. The summed E-state index contributed by atoms with van der Waals surface area (Å²) in [6.07, 6.45) is 0.400. The number of sulfone groups is 1. The third-order valence-corrected chi connectivity index (χ3v) is 7.37. The maximum atomic E-state index is 12.9. The zero-order valence-corrected chi connectivity index (χ0v) is 18.7. The van der Waals surface area contributed by atoms with Crippen LogP contribution in [-0.4, -0.2) is 43.4 Å². The molecule has 0 saturated carbocycles. The lowest BCUT2D eigenvalue weighted by atomic mass is 10.1. The largest absolute Gasteiger partial charge is 0.484 e. The van der Waals surface area contributed by atoms with Crippen LogP contribution >= 0.6 is 39.1 Å². The van der Waals surface area contributed by atoms with Crippen molar-refractivity contribution in [2.75, 3.05) is 18.1 Å². The van der Waals surface area contributed by atoms with Crippen molar-refractivity contribution in [3.05, 3.63) is 62.5 Å². The first-order chi connectivity index (χ1) is 13.2. The Morgan fingerprint density at radius 3 is 2.50 bits per heavy atom. The van der Waals surface area contributed by atoms with E-state index in [0.717, 1.165) is 4.47 Å². The van der Waals surface area contributed by atoms with Gasteiger partial charge in [-0.05, 0) is 48.4 Å². The second-order valence-electron chi connectivity index (χ2n) is 6.56. The first-order valence-corrected chi connectivity index (χ1v) is 11.9. The Morgan fingerprint density at radius 2 is 1.89 bits per heavy atom.